The van der Waals surface area contributed by atoms with Crippen molar-refractivity contribution < 1.29 is 18.9 Å². The van der Waals surface area contributed by atoms with Crippen LogP contribution in [0.3, 0.4) is 0 Å². The van der Waals surface area contributed by atoms with Crippen molar-refractivity contribution >= 4 is 0 Å². The van der Waals surface area contributed by atoms with Crippen molar-refractivity contribution in [2.75, 3.05) is 52.7 Å². The Balaban J connectivity index is 1.33. The van der Waals surface area contributed by atoms with E-state index in [1.165, 1.54) is 44.9 Å². The summed E-state index contributed by atoms with van der Waals surface area (Å²) in [5.74, 6) is 1.79. The number of hydrogen-bond donors (Lipinski definition) is 0. The first kappa shape index (κ1) is 25.5. The van der Waals surface area contributed by atoms with Crippen molar-refractivity contribution in [3.8, 4) is 11.5 Å². The summed E-state index contributed by atoms with van der Waals surface area (Å²) in [6.45, 7) is 5.73. The van der Waals surface area contributed by atoms with Gasteiger partial charge in [-0.3, -0.25) is 4.90 Å². The molecule has 2 aromatic carbocycles. The molecule has 3 rings (SSSR count). The molecule has 1 saturated carbocycles. The third-order valence-corrected chi connectivity index (χ3v) is 6.12. The standard InChI is InChI=1S/C28H41NO4/c1-2-6-12-26(13-7-3-1)29(18-20-30-22-24-32-27-14-8-4-9-15-27)19-21-31-23-25-33-28-16-10-5-11-17-28/h4-5,8-11,14-17,26H,1-3,6-7,12-13,18-25H2. The monoisotopic (exact) mass is 455 g/mol. The van der Waals surface area contributed by atoms with Crippen LogP contribution in [0.15, 0.2) is 60.7 Å². The van der Waals surface area contributed by atoms with E-state index in [0.29, 0.717) is 32.5 Å². The van der Waals surface area contributed by atoms with Crippen LogP contribution >= 0.6 is 0 Å². The van der Waals surface area contributed by atoms with Gasteiger partial charge in [0, 0.05) is 19.1 Å². The zero-order chi connectivity index (χ0) is 22.8. The van der Waals surface area contributed by atoms with E-state index in [0.717, 1.165) is 37.8 Å². The van der Waals surface area contributed by atoms with Gasteiger partial charge in [0.05, 0.1) is 26.4 Å². The Kier molecular flexibility index (Phi) is 12.8. The maximum Gasteiger partial charge on any atom is 0.119 e. The third kappa shape index (κ3) is 11.1. The Morgan fingerprint density at radius 3 is 1.48 bits per heavy atom. The minimum atomic E-state index is 0.581. The Hall–Kier alpha value is -2.08. The zero-order valence-electron chi connectivity index (χ0n) is 20.0. The van der Waals surface area contributed by atoms with Crippen molar-refractivity contribution in [3.63, 3.8) is 0 Å². The summed E-state index contributed by atoms with van der Waals surface area (Å²) in [7, 11) is 0. The van der Waals surface area contributed by atoms with Crippen molar-refractivity contribution in [1.29, 1.82) is 0 Å². The molecule has 33 heavy (non-hydrogen) atoms. The number of ether oxygens (including phenoxy) is 4. The van der Waals surface area contributed by atoms with Gasteiger partial charge >= 0.3 is 0 Å². The molecule has 0 bridgehead atoms. The van der Waals surface area contributed by atoms with Gasteiger partial charge < -0.3 is 18.9 Å². The molecule has 1 fully saturated rings. The lowest BCUT2D eigenvalue weighted by molar-refractivity contribution is 0.0365. The number of para-hydroxylation sites is 2. The van der Waals surface area contributed by atoms with Crippen LogP contribution in [0.25, 0.3) is 0 Å². The highest BCUT2D eigenvalue weighted by Crippen LogP contribution is 2.21. The smallest absolute Gasteiger partial charge is 0.119 e. The van der Waals surface area contributed by atoms with Crippen molar-refractivity contribution in [2.24, 2.45) is 0 Å². The molecule has 0 N–H and O–H groups in total. The van der Waals surface area contributed by atoms with E-state index in [9.17, 15) is 0 Å². The van der Waals surface area contributed by atoms with Gasteiger partial charge in [-0.15, -0.1) is 0 Å². The highest BCUT2D eigenvalue weighted by Gasteiger charge is 2.19. The molecule has 0 atom stereocenters. The molecular weight excluding hydrogens is 414 g/mol. The van der Waals surface area contributed by atoms with E-state index >= 15 is 0 Å². The Morgan fingerprint density at radius 2 is 1.00 bits per heavy atom. The average molecular weight is 456 g/mol. The van der Waals surface area contributed by atoms with Crippen LogP contribution < -0.4 is 9.47 Å². The third-order valence-electron chi connectivity index (χ3n) is 6.12. The van der Waals surface area contributed by atoms with E-state index in [4.69, 9.17) is 18.9 Å². The second-order valence-electron chi connectivity index (χ2n) is 8.58. The summed E-state index contributed by atoms with van der Waals surface area (Å²) in [6.07, 6.45) is 9.36. The second kappa shape index (κ2) is 16.5. The van der Waals surface area contributed by atoms with Crippen LogP contribution in [0.4, 0.5) is 0 Å². The number of hydrogen-bond acceptors (Lipinski definition) is 5. The molecule has 5 nitrogen and oxygen atoms in total. The molecule has 1 aliphatic rings. The molecule has 0 amide bonds. The highest BCUT2D eigenvalue weighted by atomic mass is 16.5. The van der Waals surface area contributed by atoms with E-state index in [2.05, 4.69) is 4.90 Å². The van der Waals surface area contributed by atoms with Gasteiger partial charge in [0.1, 0.15) is 24.7 Å². The topological polar surface area (TPSA) is 40.2 Å². The molecule has 1 aliphatic carbocycles. The molecule has 182 valence electrons. The molecule has 0 unspecified atom stereocenters. The van der Waals surface area contributed by atoms with E-state index in [1.807, 2.05) is 60.7 Å². The Bertz CT molecular complexity index is 653. The highest BCUT2D eigenvalue weighted by molar-refractivity contribution is 5.21. The predicted molar refractivity (Wildman–Crippen MR) is 133 cm³/mol. The second-order valence-corrected chi connectivity index (χ2v) is 8.58. The molecule has 0 spiro atoms. The molecule has 2 aromatic rings. The summed E-state index contributed by atoms with van der Waals surface area (Å²) in [4.78, 5) is 2.58. The summed E-state index contributed by atoms with van der Waals surface area (Å²) in [5, 5.41) is 0. The molecule has 5 heteroatoms. The lowest BCUT2D eigenvalue weighted by atomic mass is 9.95. The fourth-order valence-corrected chi connectivity index (χ4v) is 4.31. The van der Waals surface area contributed by atoms with Gasteiger partial charge in [-0.1, -0.05) is 68.5 Å². The van der Waals surface area contributed by atoms with Gasteiger partial charge in [-0.05, 0) is 37.1 Å². The first-order chi connectivity index (χ1) is 16.4. The molecule has 0 saturated heterocycles. The van der Waals surface area contributed by atoms with Crippen molar-refractivity contribution in [3.05, 3.63) is 60.7 Å². The molecular formula is C28H41NO4. The van der Waals surface area contributed by atoms with Crippen LogP contribution in [-0.4, -0.2) is 63.7 Å². The maximum absolute atomic E-state index is 5.90. The number of benzene rings is 2. The van der Waals surface area contributed by atoms with Gasteiger partial charge in [0.2, 0.25) is 0 Å². The predicted octanol–water partition coefficient (Wildman–Crippen LogP) is 5.59. The first-order valence-electron chi connectivity index (χ1n) is 12.7. The quantitative estimate of drug-likeness (QED) is 0.327. The summed E-state index contributed by atoms with van der Waals surface area (Å²) in [5.41, 5.74) is 0. The summed E-state index contributed by atoms with van der Waals surface area (Å²) >= 11 is 0. The minimum Gasteiger partial charge on any atom is -0.491 e. The molecule has 0 aliphatic heterocycles. The SMILES string of the molecule is c1ccc(OCCOCCN(CCOCCOc2ccccc2)C2CCCCCCC2)cc1. The van der Waals surface area contributed by atoms with Crippen molar-refractivity contribution in [1.82, 2.24) is 4.90 Å². The van der Waals surface area contributed by atoms with E-state index < -0.39 is 0 Å². The summed E-state index contributed by atoms with van der Waals surface area (Å²) < 4.78 is 23.2. The average Bonchev–Trinajstić information content (AvgIpc) is 2.83. The normalized spacial score (nSPS) is 15.2. The number of nitrogens with zero attached hydrogens (tertiary/aromatic N) is 1. The van der Waals surface area contributed by atoms with Gasteiger partial charge in [-0.2, -0.15) is 0 Å². The molecule has 0 aromatic heterocycles. The van der Waals surface area contributed by atoms with Crippen molar-refractivity contribution in [2.45, 2.75) is 51.0 Å². The van der Waals surface area contributed by atoms with E-state index in [1.54, 1.807) is 0 Å². The fourth-order valence-electron chi connectivity index (χ4n) is 4.31. The van der Waals surface area contributed by atoms with Gasteiger partial charge in [0.25, 0.3) is 0 Å². The minimum absolute atomic E-state index is 0.581. The molecule has 0 radical (unpaired) electrons. The zero-order valence-corrected chi connectivity index (χ0v) is 20.0. The van der Waals surface area contributed by atoms with Crippen LogP contribution in [-0.2, 0) is 9.47 Å². The van der Waals surface area contributed by atoms with Gasteiger partial charge in [-0.25, -0.2) is 0 Å². The van der Waals surface area contributed by atoms with E-state index in [-0.39, 0.29) is 0 Å². The largest absolute Gasteiger partial charge is 0.491 e. The number of rotatable bonds is 15. The van der Waals surface area contributed by atoms with Crippen LogP contribution in [0.1, 0.15) is 44.9 Å². The van der Waals surface area contributed by atoms with Crippen LogP contribution in [0.2, 0.25) is 0 Å². The van der Waals surface area contributed by atoms with Crippen LogP contribution in [0.5, 0.6) is 11.5 Å². The maximum atomic E-state index is 5.90. The lowest BCUT2D eigenvalue weighted by Crippen LogP contribution is -2.40. The van der Waals surface area contributed by atoms with Crippen LogP contribution in [0, 0.1) is 0 Å². The lowest BCUT2D eigenvalue weighted by Gasteiger charge is -2.33. The Labute approximate surface area is 200 Å². The first-order valence-corrected chi connectivity index (χ1v) is 12.7. The fraction of sp³-hybridized carbons (Fsp3) is 0.571. The Morgan fingerprint density at radius 1 is 0.545 bits per heavy atom. The summed E-state index contributed by atoms with van der Waals surface area (Å²) in [6, 6.07) is 20.5. The molecule has 0 heterocycles. The van der Waals surface area contributed by atoms with Gasteiger partial charge in [0.15, 0.2) is 0 Å².